The molecule has 4 rings (SSSR count). The summed E-state index contributed by atoms with van der Waals surface area (Å²) >= 11 is 3.46. The molecule has 1 amide bonds. The lowest BCUT2D eigenvalue weighted by Gasteiger charge is -2.24. The number of rotatable bonds is 4. The lowest BCUT2D eigenvalue weighted by Crippen LogP contribution is -2.36. The predicted octanol–water partition coefficient (Wildman–Crippen LogP) is 5.24. The van der Waals surface area contributed by atoms with Gasteiger partial charge in [-0.25, -0.2) is 14.8 Å². The number of ether oxygens (including phenoxy) is 1. The van der Waals surface area contributed by atoms with Gasteiger partial charge in [0.05, 0.1) is 11.1 Å². The highest BCUT2D eigenvalue weighted by Gasteiger charge is 2.36. The average Bonchev–Trinajstić information content (AvgIpc) is 3.23. The standard InChI is InChI=1S/C25H29BrN4O3.CO2/c1-5-15-13-30(24(32)33-25(2,3)4)14-20(15)28-22-17-8-6-7-9-19(17)27-23(29-22)18-12-16(26)10-11-21(18)31;2-1-3/h6-12,15,20,31H,5,13-14H2,1-4H3,(H,27,28,29);/t15-,20-;/m1./s1. The first-order valence-electron chi connectivity index (χ1n) is 11.6. The Kier molecular flexibility index (Phi) is 8.66. The number of likely N-dealkylation sites (tertiary alicyclic amines) is 1. The van der Waals surface area contributed by atoms with E-state index in [4.69, 9.17) is 19.3 Å². The van der Waals surface area contributed by atoms with Crippen molar-refractivity contribution in [2.45, 2.75) is 45.8 Å². The molecule has 1 aliphatic rings. The van der Waals surface area contributed by atoms with Crippen molar-refractivity contribution in [1.82, 2.24) is 14.9 Å². The van der Waals surface area contributed by atoms with E-state index in [-0.39, 0.29) is 30.0 Å². The van der Waals surface area contributed by atoms with Crippen molar-refractivity contribution in [1.29, 1.82) is 0 Å². The Morgan fingerprint density at radius 1 is 1.19 bits per heavy atom. The van der Waals surface area contributed by atoms with Gasteiger partial charge in [0.25, 0.3) is 0 Å². The number of nitrogens with zero attached hydrogens (tertiary/aromatic N) is 3. The zero-order valence-electron chi connectivity index (χ0n) is 20.6. The molecule has 10 heteroatoms. The number of carbonyl (C=O) groups is 1. The molecule has 0 aliphatic carbocycles. The van der Waals surface area contributed by atoms with Gasteiger partial charge in [0.15, 0.2) is 5.82 Å². The number of benzene rings is 2. The number of phenols is 1. The van der Waals surface area contributed by atoms with E-state index in [0.717, 1.165) is 21.8 Å². The Morgan fingerprint density at radius 3 is 2.56 bits per heavy atom. The van der Waals surface area contributed by atoms with E-state index in [2.05, 4.69) is 33.2 Å². The zero-order chi connectivity index (χ0) is 26.5. The molecular weight excluding hydrogens is 528 g/mol. The van der Waals surface area contributed by atoms with Crippen LogP contribution in [-0.4, -0.2) is 57.0 Å². The number of hydrogen-bond acceptors (Lipinski definition) is 8. The van der Waals surface area contributed by atoms with Crippen molar-refractivity contribution in [3.05, 3.63) is 46.9 Å². The first-order valence-corrected chi connectivity index (χ1v) is 12.3. The van der Waals surface area contributed by atoms with Crippen molar-refractivity contribution < 1.29 is 24.2 Å². The van der Waals surface area contributed by atoms with Gasteiger partial charge >= 0.3 is 12.2 Å². The maximum Gasteiger partial charge on any atom is 0.410 e. The highest BCUT2D eigenvalue weighted by atomic mass is 79.9. The second kappa shape index (κ2) is 11.5. The van der Waals surface area contributed by atoms with E-state index >= 15 is 0 Å². The zero-order valence-corrected chi connectivity index (χ0v) is 22.2. The van der Waals surface area contributed by atoms with Crippen LogP contribution in [0.3, 0.4) is 0 Å². The molecule has 2 N–H and O–H groups in total. The quantitative estimate of drug-likeness (QED) is 0.447. The number of amides is 1. The second-order valence-electron chi connectivity index (χ2n) is 9.46. The Hall–Kier alpha value is -3.49. The van der Waals surface area contributed by atoms with Gasteiger partial charge in [0.1, 0.15) is 17.2 Å². The summed E-state index contributed by atoms with van der Waals surface area (Å²) in [4.78, 5) is 40.2. The molecule has 1 aromatic heterocycles. The molecule has 0 radical (unpaired) electrons. The largest absolute Gasteiger partial charge is 0.507 e. The van der Waals surface area contributed by atoms with E-state index in [1.54, 1.807) is 23.1 Å². The van der Waals surface area contributed by atoms with E-state index in [9.17, 15) is 9.90 Å². The molecule has 1 fully saturated rings. The first-order chi connectivity index (χ1) is 17.1. The molecular formula is C26H29BrN4O5. The molecule has 0 unspecified atom stereocenters. The number of halogens is 1. The topological polar surface area (TPSA) is 122 Å². The van der Waals surface area contributed by atoms with E-state index in [1.807, 2.05) is 45.0 Å². The number of carbonyl (C=O) groups excluding carboxylic acids is 3. The number of aromatic hydroxyl groups is 1. The summed E-state index contributed by atoms with van der Waals surface area (Å²) in [6.07, 6.45) is 0.872. The maximum absolute atomic E-state index is 12.7. The third kappa shape index (κ3) is 6.59. The van der Waals surface area contributed by atoms with Crippen LogP contribution in [0.25, 0.3) is 22.3 Å². The molecule has 0 spiro atoms. The summed E-state index contributed by atoms with van der Waals surface area (Å²) in [6, 6.07) is 13.0. The summed E-state index contributed by atoms with van der Waals surface area (Å²) in [5, 5.41) is 14.9. The molecule has 1 aliphatic heterocycles. The summed E-state index contributed by atoms with van der Waals surface area (Å²) in [5.41, 5.74) is 0.792. The molecule has 190 valence electrons. The van der Waals surface area contributed by atoms with Gasteiger partial charge in [-0.15, -0.1) is 0 Å². The van der Waals surface area contributed by atoms with Crippen LogP contribution < -0.4 is 5.32 Å². The highest BCUT2D eigenvalue weighted by Crippen LogP contribution is 2.33. The van der Waals surface area contributed by atoms with Crippen LogP contribution in [0.15, 0.2) is 46.9 Å². The molecule has 0 saturated carbocycles. The monoisotopic (exact) mass is 556 g/mol. The Morgan fingerprint density at radius 2 is 1.89 bits per heavy atom. The van der Waals surface area contributed by atoms with Crippen molar-refractivity contribution >= 4 is 44.9 Å². The summed E-state index contributed by atoms with van der Waals surface area (Å²) in [6.45, 7) is 8.91. The van der Waals surface area contributed by atoms with Crippen molar-refractivity contribution in [3.63, 3.8) is 0 Å². The minimum atomic E-state index is -0.534. The van der Waals surface area contributed by atoms with Crippen molar-refractivity contribution in [3.8, 4) is 17.1 Å². The van der Waals surface area contributed by atoms with Gasteiger partial charge in [-0.2, -0.15) is 9.59 Å². The number of fused-ring (bicyclic) bond motifs is 1. The molecule has 9 nitrogen and oxygen atoms in total. The minimum Gasteiger partial charge on any atom is -0.507 e. The van der Waals surface area contributed by atoms with Crippen LogP contribution >= 0.6 is 15.9 Å². The van der Waals surface area contributed by atoms with Gasteiger partial charge in [0.2, 0.25) is 0 Å². The fourth-order valence-electron chi connectivity index (χ4n) is 4.09. The highest BCUT2D eigenvalue weighted by molar-refractivity contribution is 9.10. The average molecular weight is 557 g/mol. The van der Waals surface area contributed by atoms with E-state index in [0.29, 0.717) is 30.3 Å². The number of anilines is 1. The molecule has 2 heterocycles. The Labute approximate surface area is 218 Å². The van der Waals surface area contributed by atoms with Crippen LogP contribution in [0.1, 0.15) is 34.1 Å². The van der Waals surface area contributed by atoms with Gasteiger partial charge in [-0.05, 0) is 63.4 Å². The summed E-state index contributed by atoms with van der Waals surface area (Å²) < 4.78 is 6.42. The molecule has 36 heavy (non-hydrogen) atoms. The van der Waals surface area contributed by atoms with E-state index < -0.39 is 5.60 Å². The third-order valence-corrected chi connectivity index (χ3v) is 6.24. The summed E-state index contributed by atoms with van der Waals surface area (Å²) in [7, 11) is 0. The van der Waals surface area contributed by atoms with E-state index in [1.165, 1.54) is 0 Å². The summed E-state index contributed by atoms with van der Waals surface area (Å²) in [5.74, 6) is 1.49. The molecule has 2 atom stereocenters. The number of phenolic OH excluding ortho intramolecular Hbond substituents is 1. The predicted molar refractivity (Wildman–Crippen MR) is 138 cm³/mol. The lowest BCUT2D eigenvalue weighted by molar-refractivity contribution is -0.191. The number of hydrogen-bond donors (Lipinski definition) is 2. The molecule has 3 aromatic rings. The van der Waals surface area contributed by atoms with Gasteiger partial charge < -0.3 is 20.1 Å². The van der Waals surface area contributed by atoms with Crippen molar-refractivity contribution in [2.24, 2.45) is 5.92 Å². The van der Waals surface area contributed by atoms with Crippen LogP contribution in [0.4, 0.5) is 10.6 Å². The lowest BCUT2D eigenvalue weighted by atomic mass is 10.0. The Balaban J connectivity index is 0.00000115. The van der Waals surface area contributed by atoms with Crippen LogP contribution in [0.2, 0.25) is 0 Å². The SMILES string of the molecule is CC[C@@H]1CN(C(=O)OC(C)(C)C)C[C@H]1Nc1nc(-c2cc(Br)ccc2O)nc2ccccc12.O=C=O. The number of nitrogens with one attached hydrogen (secondary N) is 1. The first kappa shape index (κ1) is 27.1. The van der Waals surface area contributed by atoms with Crippen LogP contribution in [0, 0.1) is 5.92 Å². The molecule has 2 aromatic carbocycles. The van der Waals surface area contributed by atoms with Gasteiger partial charge in [-0.3, -0.25) is 0 Å². The van der Waals surface area contributed by atoms with Crippen LogP contribution in [-0.2, 0) is 14.3 Å². The normalized spacial score (nSPS) is 17.2. The van der Waals surface area contributed by atoms with Gasteiger partial charge in [-0.1, -0.05) is 35.0 Å². The fraction of sp³-hybridized carbons (Fsp3) is 0.385. The Bertz CT molecular complexity index is 1270. The fourth-order valence-corrected chi connectivity index (χ4v) is 4.46. The third-order valence-electron chi connectivity index (χ3n) is 5.74. The van der Waals surface area contributed by atoms with Crippen molar-refractivity contribution in [2.75, 3.05) is 18.4 Å². The number of aromatic nitrogens is 2. The van der Waals surface area contributed by atoms with Gasteiger partial charge in [0, 0.05) is 29.0 Å². The second-order valence-corrected chi connectivity index (χ2v) is 10.4. The molecule has 1 saturated heterocycles. The minimum absolute atomic E-state index is 0.0183. The molecule has 0 bridgehead atoms. The maximum atomic E-state index is 12.7. The van der Waals surface area contributed by atoms with Crippen LogP contribution in [0.5, 0.6) is 5.75 Å². The number of para-hydroxylation sites is 1. The smallest absolute Gasteiger partial charge is 0.410 e.